The van der Waals surface area contributed by atoms with Gasteiger partial charge in [-0.1, -0.05) is 32.9 Å². The molecule has 0 saturated heterocycles. The van der Waals surface area contributed by atoms with Crippen molar-refractivity contribution in [2.75, 3.05) is 6.61 Å². The molecule has 0 bridgehead atoms. The van der Waals surface area contributed by atoms with Gasteiger partial charge in [0.05, 0.1) is 19.8 Å². The normalized spacial score (nSPS) is 13.0. The third kappa shape index (κ3) is 3.83. The molecule has 2 aromatic carbocycles. The molecule has 0 unspecified atom stereocenters. The Hall–Kier alpha value is -1.66. The zero-order chi connectivity index (χ0) is 19.8. The first-order valence-corrected chi connectivity index (χ1v) is 12.5. The van der Waals surface area contributed by atoms with E-state index in [9.17, 15) is 10.2 Å². The van der Waals surface area contributed by atoms with Crippen molar-refractivity contribution in [1.82, 2.24) is 4.57 Å². The van der Waals surface area contributed by atoms with E-state index < -0.39 is 8.32 Å². The first-order valence-electron chi connectivity index (χ1n) is 9.57. The fourth-order valence-corrected chi connectivity index (χ4v) is 4.28. The number of fused-ring (bicyclic) bond motifs is 3. The lowest BCUT2D eigenvalue weighted by atomic mass is 10.1. The average molecular weight is 386 g/mol. The highest BCUT2D eigenvalue weighted by molar-refractivity contribution is 6.74. The Morgan fingerprint density at radius 3 is 1.78 bits per heavy atom. The van der Waals surface area contributed by atoms with Crippen LogP contribution >= 0.6 is 0 Å². The maximum atomic E-state index is 9.52. The van der Waals surface area contributed by atoms with Crippen LogP contribution in [0.2, 0.25) is 18.1 Å². The Bertz CT molecular complexity index is 892. The van der Waals surface area contributed by atoms with Crippen molar-refractivity contribution in [3.63, 3.8) is 0 Å². The van der Waals surface area contributed by atoms with E-state index in [-0.39, 0.29) is 18.3 Å². The third-order valence-corrected chi connectivity index (χ3v) is 10.5. The average Bonchev–Trinajstić information content (AvgIpc) is 2.93. The molecule has 27 heavy (non-hydrogen) atoms. The van der Waals surface area contributed by atoms with Crippen molar-refractivity contribution in [1.29, 1.82) is 0 Å². The molecule has 0 aliphatic rings. The predicted molar refractivity (Wildman–Crippen MR) is 114 cm³/mol. The Morgan fingerprint density at radius 2 is 1.37 bits per heavy atom. The number of aromatic nitrogens is 1. The molecule has 0 spiro atoms. The Kier molecular flexibility index (Phi) is 5.50. The van der Waals surface area contributed by atoms with E-state index in [0.717, 1.165) is 39.5 Å². The highest BCUT2D eigenvalue weighted by atomic mass is 28.4. The summed E-state index contributed by atoms with van der Waals surface area (Å²) in [4.78, 5) is 0. The second kappa shape index (κ2) is 7.39. The van der Waals surface area contributed by atoms with E-state index in [1.807, 2.05) is 24.3 Å². The molecule has 0 saturated carbocycles. The molecule has 3 aromatic rings. The summed E-state index contributed by atoms with van der Waals surface area (Å²) in [5.41, 5.74) is 4.06. The summed E-state index contributed by atoms with van der Waals surface area (Å²) in [6, 6.07) is 12.2. The van der Waals surface area contributed by atoms with Gasteiger partial charge in [0.2, 0.25) is 0 Å². The number of benzene rings is 2. The summed E-state index contributed by atoms with van der Waals surface area (Å²) in [5.74, 6) is 0. The van der Waals surface area contributed by atoms with Gasteiger partial charge >= 0.3 is 0 Å². The molecule has 0 radical (unpaired) electrons. The summed E-state index contributed by atoms with van der Waals surface area (Å²) >= 11 is 0. The van der Waals surface area contributed by atoms with Gasteiger partial charge in [-0.25, -0.2) is 0 Å². The zero-order valence-electron chi connectivity index (χ0n) is 17.0. The van der Waals surface area contributed by atoms with Gasteiger partial charge in [-0.15, -0.1) is 0 Å². The minimum Gasteiger partial charge on any atom is -0.415 e. The minimum absolute atomic E-state index is 0.0246. The summed E-state index contributed by atoms with van der Waals surface area (Å²) in [5, 5.41) is 21.5. The van der Waals surface area contributed by atoms with Crippen molar-refractivity contribution in [2.45, 2.75) is 58.7 Å². The summed E-state index contributed by atoms with van der Waals surface area (Å²) in [6.45, 7) is 12.8. The zero-order valence-corrected chi connectivity index (χ0v) is 18.0. The second-order valence-electron chi connectivity index (χ2n) is 8.78. The van der Waals surface area contributed by atoms with Crippen LogP contribution in [0.3, 0.4) is 0 Å². The fraction of sp³-hybridized carbons (Fsp3) is 0.455. The van der Waals surface area contributed by atoms with Crippen LogP contribution in [-0.4, -0.2) is 29.7 Å². The van der Waals surface area contributed by atoms with E-state index in [2.05, 4.69) is 50.6 Å². The fourth-order valence-electron chi connectivity index (χ4n) is 3.24. The molecule has 0 amide bonds. The lowest BCUT2D eigenvalue weighted by Crippen LogP contribution is -2.41. The van der Waals surface area contributed by atoms with Crippen molar-refractivity contribution in [3.05, 3.63) is 47.5 Å². The lowest BCUT2D eigenvalue weighted by molar-refractivity contribution is 0.275. The maximum absolute atomic E-state index is 9.52. The molecule has 0 aliphatic heterocycles. The smallest absolute Gasteiger partial charge is 0.192 e. The van der Waals surface area contributed by atoms with E-state index in [0.29, 0.717) is 6.61 Å². The highest BCUT2D eigenvalue weighted by Gasteiger charge is 2.36. The second-order valence-corrected chi connectivity index (χ2v) is 13.6. The van der Waals surface area contributed by atoms with E-state index >= 15 is 0 Å². The Morgan fingerprint density at radius 1 is 0.889 bits per heavy atom. The number of nitrogens with zero attached hydrogens (tertiary/aromatic N) is 1. The largest absolute Gasteiger partial charge is 0.415 e. The molecular formula is C22H31NO3Si. The molecule has 4 nitrogen and oxygen atoms in total. The van der Waals surface area contributed by atoms with Crippen LogP contribution < -0.4 is 0 Å². The van der Waals surface area contributed by atoms with Crippen molar-refractivity contribution in [3.8, 4) is 0 Å². The van der Waals surface area contributed by atoms with Crippen LogP contribution in [0.25, 0.3) is 21.8 Å². The molecule has 0 atom stereocenters. The summed E-state index contributed by atoms with van der Waals surface area (Å²) in [7, 11) is -1.78. The minimum atomic E-state index is -1.78. The van der Waals surface area contributed by atoms with E-state index in [1.165, 1.54) is 0 Å². The quantitative estimate of drug-likeness (QED) is 0.599. The molecule has 0 fully saturated rings. The number of aliphatic hydroxyl groups is 2. The van der Waals surface area contributed by atoms with Gasteiger partial charge in [0, 0.05) is 28.4 Å². The van der Waals surface area contributed by atoms with Crippen molar-refractivity contribution >= 4 is 30.1 Å². The van der Waals surface area contributed by atoms with Crippen LogP contribution in [0, 0.1) is 0 Å². The third-order valence-electron chi connectivity index (χ3n) is 5.94. The Balaban J connectivity index is 2.01. The van der Waals surface area contributed by atoms with E-state index in [4.69, 9.17) is 4.43 Å². The molecule has 1 aromatic heterocycles. The first kappa shape index (κ1) is 20.1. The summed E-state index contributed by atoms with van der Waals surface area (Å²) < 4.78 is 8.68. The van der Waals surface area contributed by atoms with Crippen LogP contribution in [0.4, 0.5) is 0 Å². The molecule has 146 valence electrons. The molecule has 5 heteroatoms. The van der Waals surface area contributed by atoms with Crippen LogP contribution in [0.5, 0.6) is 0 Å². The number of aliphatic hydroxyl groups excluding tert-OH is 2. The monoisotopic (exact) mass is 385 g/mol. The topological polar surface area (TPSA) is 54.6 Å². The predicted octanol–water partition coefficient (Wildman–Crippen LogP) is 4.80. The summed E-state index contributed by atoms with van der Waals surface area (Å²) in [6.07, 6.45) is 0. The van der Waals surface area contributed by atoms with E-state index in [1.54, 1.807) is 0 Å². The number of hydrogen-bond acceptors (Lipinski definition) is 3. The number of hydrogen-bond donors (Lipinski definition) is 2. The van der Waals surface area contributed by atoms with Gasteiger partial charge < -0.3 is 19.2 Å². The van der Waals surface area contributed by atoms with Crippen LogP contribution in [0.15, 0.2) is 36.4 Å². The van der Waals surface area contributed by atoms with Crippen LogP contribution in [-0.2, 0) is 24.2 Å². The van der Waals surface area contributed by atoms with Crippen molar-refractivity contribution in [2.24, 2.45) is 0 Å². The molecule has 3 rings (SSSR count). The van der Waals surface area contributed by atoms with Crippen LogP contribution in [0.1, 0.15) is 31.9 Å². The molecular weight excluding hydrogens is 354 g/mol. The van der Waals surface area contributed by atoms with Crippen molar-refractivity contribution < 1.29 is 14.6 Å². The Labute approximate surface area is 162 Å². The molecule has 1 heterocycles. The van der Waals surface area contributed by atoms with Gasteiger partial charge in [-0.05, 0) is 53.5 Å². The molecule has 2 N–H and O–H groups in total. The van der Waals surface area contributed by atoms with Gasteiger partial charge in [-0.3, -0.25) is 0 Å². The number of rotatable bonds is 6. The van der Waals surface area contributed by atoms with Gasteiger partial charge in [0.15, 0.2) is 8.32 Å². The highest BCUT2D eigenvalue weighted by Crippen LogP contribution is 2.37. The van der Waals surface area contributed by atoms with Gasteiger partial charge in [0.1, 0.15) is 0 Å². The SMILES string of the molecule is CC(C)(C)[Si](C)(C)OCCn1c2ccc(CO)cc2c2cc(CO)ccc21. The molecule has 0 aliphatic carbocycles. The standard InChI is InChI=1S/C22H31NO3Si/c1-22(2,3)27(4,5)26-11-10-23-20-8-6-16(14-24)12-18(20)19-13-17(15-25)7-9-21(19)23/h6-9,12-13,24-25H,10-11,14-15H2,1-5H3. The van der Waals surface area contributed by atoms with Gasteiger partial charge in [0.25, 0.3) is 0 Å². The maximum Gasteiger partial charge on any atom is 0.192 e. The lowest BCUT2D eigenvalue weighted by Gasteiger charge is -2.36. The first-order chi connectivity index (χ1) is 12.7. The van der Waals surface area contributed by atoms with Gasteiger partial charge in [-0.2, -0.15) is 0 Å².